The topological polar surface area (TPSA) is 58.6 Å². The SMILES string of the molecule is CC[C@H](C)NC(=O)[C@H](CC)N(Cc1ccc(OC)cc1)C(=O)CCSCc1ccccc1. The molecule has 5 nitrogen and oxygen atoms in total. The zero-order valence-electron chi connectivity index (χ0n) is 19.7. The molecule has 0 unspecified atom stereocenters. The van der Waals surface area contributed by atoms with Gasteiger partial charge in [-0.1, -0.05) is 56.3 Å². The summed E-state index contributed by atoms with van der Waals surface area (Å²) in [4.78, 5) is 28.0. The average Bonchev–Trinajstić information content (AvgIpc) is 2.82. The van der Waals surface area contributed by atoms with Crippen molar-refractivity contribution < 1.29 is 14.3 Å². The fourth-order valence-electron chi connectivity index (χ4n) is 3.36. The number of carbonyl (C=O) groups excluding carboxylic acids is 2. The number of benzene rings is 2. The van der Waals surface area contributed by atoms with Crippen LogP contribution < -0.4 is 10.1 Å². The quantitative estimate of drug-likeness (QED) is 0.429. The highest BCUT2D eigenvalue weighted by Crippen LogP contribution is 2.19. The molecule has 0 heterocycles. The number of hydrogen-bond donors (Lipinski definition) is 1. The lowest BCUT2D eigenvalue weighted by Crippen LogP contribution is -2.50. The van der Waals surface area contributed by atoms with Gasteiger partial charge in [0.15, 0.2) is 0 Å². The summed E-state index contributed by atoms with van der Waals surface area (Å²) in [6.07, 6.45) is 1.83. The third kappa shape index (κ3) is 8.23. The average molecular weight is 457 g/mol. The molecule has 0 radical (unpaired) electrons. The molecular formula is C26H36N2O3S. The molecule has 2 aromatic carbocycles. The Labute approximate surface area is 196 Å². The minimum absolute atomic E-state index is 0.00697. The van der Waals surface area contributed by atoms with Gasteiger partial charge in [0.1, 0.15) is 11.8 Å². The van der Waals surface area contributed by atoms with E-state index in [0.717, 1.165) is 29.2 Å². The van der Waals surface area contributed by atoms with Gasteiger partial charge < -0.3 is 15.0 Å². The molecular weight excluding hydrogens is 420 g/mol. The summed E-state index contributed by atoms with van der Waals surface area (Å²) in [5, 5.41) is 3.05. The van der Waals surface area contributed by atoms with Crippen molar-refractivity contribution in [2.75, 3.05) is 12.9 Å². The Hall–Kier alpha value is -2.47. The van der Waals surface area contributed by atoms with Crippen molar-refractivity contribution >= 4 is 23.6 Å². The lowest BCUT2D eigenvalue weighted by molar-refractivity contribution is -0.141. The number of hydrogen-bond acceptors (Lipinski definition) is 4. The van der Waals surface area contributed by atoms with E-state index in [4.69, 9.17) is 4.74 Å². The molecule has 1 N–H and O–H groups in total. The molecule has 2 rings (SSSR count). The van der Waals surface area contributed by atoms with Crippen molar-refractivity contribution in [2.24, 2.45) is 0 Å². The van der Waals surface area contributed by atoms with Crippen LogP contribution in [-0.4, -0.2) is 41.7 Å². The van der Waals surface area contributed by atoms with Gasteiger partial charge in [-0.25, -0.2) is 0 Å². The molecule has 0 saturated heterocycles. The van der Waals surface area contributed by atoms with E-state index in [-0.39, 0.29) is 17.9 Å². The molecule has 174 valence electrons. The van der Waals surface area contributed by atoms with Crippen molar-refractivity contribution in [3.8, 4) is 5.75 Å². The molecule has 0 aliphatic heterocycles. The van der Waals surface area contributed by atoms with Crippen LogP contribution in [0.4, 0.5) is 0 Å². The highest BCUT2D eigenvalue weighted by atomic mass is 32.2. The van der Waals surface area contributed by atoms with E-state index < -0.39 is 6.04 Å². The molecule has 0 aliphatic rings. The Bertz CT molecular complexity index is 827. The van der Waals surface area contributed by atoms with Crippen molar-refractivity contribution in [3.05, 3.63) is 65.7 Å². The third-order valence-electron chi connectivity index (χ3n) is 5.47. The van der Waals surface area contributed by atoms with Gasteiger partial charge in [-0.3, -0.25) is 9.59 Å². The molecule has 2 amide bonds. The van der Waals surface area contributed by atoms with Crippen molar-refractivity contribution in [1.82, 2.24) is 10.2 Å². The van der Waals surface area contributed by atoms with E-state index in [0.29, 0.717) is 19.4 Å². The maximum Gasteiger partial charge on any atom is 0.243 e. The second kappa shape index (κ2) is 13.8. The predicted molar refractivity (Wildman–Crippen MR) is 133 cm³/mol. The van der Waals surface area contributed by atoms with E-state index in [1.165, 1.54) is 5.56 Å². The van der Waals surface area contributed by atoms with Crippen molar-refractivity contribution in [3.63, 3.8) is 0 Å². The fraction of sp³-hybridized carbons (Fsp3) is 0.462. The molecule has 2 atom stereocenters. The summed E-state index contributed by atoms with van der Waals surface area (Å²) < 4.78 is 5.24. The highest BCUT2D eigenvalue weighted by molar-refractivity contribution is 7.98. The minimum Gasteiger partial charge on any atom is -0.497 e. The van der Waals surface area contributed by atoms with E-state index in [1.54, 1.807) is 23.8 Å². The number of nitrogens with one attached hydrogen (secondary N) is 1. The number of thioether (sulfide) groups is 1. The van der Waals surface area contributed by atoms with Gasteiger partial charge in [-0.2, -0.15) is 11.8 Å². The number of rotatable bonds is 13. The fourth-order valence-corrected chi connectivity index (χ4v) is 4.25. The van der Waals surface area contributed by atoms with Crippen LogP contribution >= 0.6 is 11.8 Å². The summed E-state index contributed by atoms with van der Waals surface area (Å²) in [7, 11) is 1.63. The Morgan fingerprint density at radius 1 is 1.00 bits per heavy atom. The van der Waals surface area contributed by atoms with Crippen LogP contribution in [0.25, 0.3) is 0 Å². The normalized spacial score (nSPS) is 12.6. The van der Waals surface area contributed by atoms with Gasteiger partial charge in [0.2, 0.25) is 11.8 Å². The minimum atomic E-state index is -0.488. The Morgan fingerprint density at radius 3 is 2.28 bits per heavy atom. The first-order valence-corrected chi connectivity index (χ1v) is 12.5. The zero-order chi connectivity index (χ0) is 23.3. The van der Waals surface area contributed by atoms with Gasteiger partial charge in [0.05, 0.1) is 7.11 Å². The van der Waals surface area contributed by atoms with Gasteiger partial charge in [-0.15, -0.1) is 0 Å². The number of carbonyl (C=O) groups is 2. The van der Waals surface area contributed by atoms with E-state index >= 15 is 0 Å². The number of amides is 2. The van der Waals surface area contributed by atoms with E-state index in [2.05, 4.69) is 17.4 Å². The van der Waals surface area contributed by atoms with Gasteiger partial charge >= 0.3 is 0 Å². The summed E-state index contributed by atoms with van der Waals surface area (Å²) in [6, 6.07) is 17.5. The smallest absolute Gasteiger partial charge is 0.243 e. The first-order valence-electron chi connectivity index (χ1n) is 11.3. The van der Waals surface area contributed by atoms with Crippen molar-refractivity contribution in [2.45, 2.75) is 64.4 Å². The Kier molecular flexibility index (Phi) is 11.2. The molecule has 0 aliphatic carbocycles. The first-order chi connectivity index (χ1) is 15.5. The highest BCUT2D eigenvalue weighted by Gasteiger charge is 2.28. The molecule has 6 heteroatoms. The van der Waals surface area contributed by atoms with E-state index in [9.17, 15) is 9.59 Å². The summed E-state index contributed by atoms with van der Waals surface area (Å²) >= 11 is 1.74. The number of nitrogens with zero attached hydrogens (tertiary/aromatic N) is 1. The van der Waals surface area contributed by atoms with Crippen LogP contribution in [-0.2, 0) is 21.9 Å². The lowest BCUT2D eigenvalue weighted by Gasteiger charge is -2.31. The maximum absolute atomic E-state index is 13.3. The van der Waals surface area contributed by atoms with Crippen LogP contribution in [0.2, 0.25) is 0 Å². The van der Waals surface area contributed by atoms with Crippen LogP contribution in [0.15, 0.2) is 54.6 Å². The van der Waals surface area contributed by atoms with Crippen LogP contribution in [0.5, 0.6) is 5.75 Å². The molecule has 2 aromatic rings. The zero-order valence-corrected chi connectivity index (χ0v) is 20.5. The maximum atomic E-state index is 13.3. The third-order valence-corrected chi connectivity index (χ3v) is 6.50. The van der Waals surface area contributed by atoms with Crippen LogP contribution in [0.1, 0.15) is 51.2 Å². The lowest BCUT2D eigenvalue weighted by atomic mass is 10.1. The summed E-state index contributed by atoms with van der Waals surface area (Å²) in [6.45, 7) is 6.38. The monoisotopic (exact) mass is 456 g/mol. The molecule has 32 heavy (non-hydrogen) atoms. The van der Waals surface area contributed by atoms with Crippen LogP contribution in [0, 0.1) is 0 Å². The Morgan fingerprint density at radius 2 is 1.69 bits per heavy atom. The summed E-state index contributed by atoms with van der Waals surface area (Å²) in [5.74, 6) is 2.29. The largest absolute Gasteiger partial charge is 0.497 e. The summed E-state index contributed by atoms with van der Waals surface area (Å²) in [5.41, 5.74) is 2.23. The molecule has 0 bridgehead atoms. The second-order valence-corrected chi connectivity index (χ2v) is 9.01. The van der Waals surface area contributed by atoms with Gasteiger partial charge in [0, 0.05) is 30.5 Å². The molecule has 0 saturated carbocycles. The molecule has 0 fully saturated rings. The second-order valence-electron chi connectivity index (χ2n) is 7.90. The number of methoxy groups -OCH3 is 1. The molecule has 0 spiro atoms. The van der Waals surface area contributed by atoms with Gasteiger partial charge in [-0.05, 0) is 43.0 Å². The van der Waals surface area contributed by atoms with Gasteiger partial charge in [0.25, 0.3) is 0 Å². The number of ether oxygens (including phenoxy) is 1. The Balaban J connectivity index is 2.07. The standard InChI is InChI=1S/C26H36N2O3S/c1-5-20(3)27-26(30)24(6-2)28(18-21-12-14-23(31-4)15-13-21)25(29)16-17-32-19-22-10-8-7-9-11-22/h7-15,20,24H,5-6,16-19H2,1-4H3,(H,27,30)/t20-,24-/m0/s1. The first kappa shape index (κ1) is 25.8. The van der Waals surface area contributed by atoms with E-state index in [1.807, 2.05) is 63.2 Å². The van der Waals surface area contributed by atoms with Crippen LogP contribution in [0.3, 0.4) is 0 Å². The van der Waals surface area contributed by atoms with Crippen molar-refractivity contribution in [1.29, 1.82) is 0 Å². The molecule has 0 aromatic heterocycles. The predicted octanol–water partition coefficient (Wildman–Crippen LogP) is 5.04.